The third-order valence-electron chi connectivity index (χ3n) is 4.39. The SMILES string of the molecule is COC(=O)[C@@H](Cc1ccccc1OC)NC(=O)CC1CCCC1. The molecule has 1 atom stereocenters. The molecule has 1 aliphatic carbocycles. The van der Waals surface area contributed by atoms with Crippen LogP contribution in [-0.4, -0.2) is 32.1 Å². The fourth-order valence-corrected chi connectivity index (χ4v) is 3.16. The Morgan fingerprint density at radius 2 is 1.91 bits per heavy atom. The summed E-state index contributed by atoms with van der Waals surface area (Å²) in [5.74, 6) is 0.629. The van der Waals surface area contributed by atoms with Gasteiger partial charge in [0.25, 0.3) is 0 Å². The Hall–Kier alpha value is -2.04. The lowest BCUT2D eigenvalue weighted by Gasteiger charge is -2.19. The molecule has 23 heavy (non-hydrogen) atoms. The zero-order chi connectivity index (χ0) is 16.7. The summed E-state index contributed by atoms with van der Waals surface area (Å²) in [6.45, 7) is 0. The maximum Gasteiger partial charge on any atom is 0.328 e. The summed E-state index contributed by atoms with van der Waals surface area (Å²) in [6.07, 6.45) is 5.43. The number of ether oxygens (including phenoxy) is 2. The Bertz CT molecular complexity index is 538. The van der Waals surface area contributed by atoms with Crippen LogP contribution in [0, 0.1) is 5.92 Å². The highest BCUT2D eigenvalue weighted by atomic mass is 16.5. The number of para-hydroxylation sites is 1. The highest BCUT2D eigenvalue weighted by Gasteiger charge is 2.25. The molecule has 1 fully saturated rings. The molecule has 5 heteroatoms. The van der Waals surface area contributed by atoms with Gasteiger partial charge < -0.3 is 14.8 Å². The predicted octanol–water partition coefficient (Wildman–Crippen LogP) is 2.48. The maximum atomic E-state index is 12.2. The number of esters is 1. The van der Waals surface area contributed by atoms with Gasteiger partial charge in [0.15, 0.2) is 0 Å². The maximum absolute atomic E-state index is 12.2. The number of carbonyl (C=O) groups is 2. The van der Waals surface area contributed by atoms with Crippen LogP contribution in [0.4, 0.5) is 0 Å². The van der Waals surface area contributed by atoms with E-state index in [1.165, 1.54) is 20.0 Å². The molecular formula is C18H25NO4. The van der Waals surface area contributed by atoms with Crippen molar-refractivity contribution in [3.05, 3.63) is 29.8 Å². The fraction of sp³-hybridized carbons (Fsp3) is 0.556. The molecule has 0 spiro atoms. The molecule has 1 aromatic carbocycles. The molecule has 1 saturated carbocycles. The minimum absolute atomic E-state index is 0.0813. The Morgan fingerprint density at radius 1 is 1.22 bits per heavy atom. The van der Waals surface area contributed by atoms with Crippen LogP contribution in [0.2, 0.25) is 0 Å². The minimum atomic E-state index is -0.690. The van der Waals surface area contributed by atoms with Gasteiger partial charge in [0.2, 0.25) is 5.91 Å². The lowest BCUT2D eigenvalue weighted by molar-refractivity contribution is -0.145. The van der Waals surface area contributed by atoms with E-state index in [-0.39, 0.29) is 5.91 Å². The number of hydrogen-bond donors (Lipinski definition) is 1. The first kappa shape index (κ1) is 17.3. The highest BCUT2D eigenvalue weighted by molar-refractivity contribution is 5.84. The number of benzene rings is 1. The topological polar surface area (TPSA) is 64.6 Å². The van der Waals surface area contributed by atoms with Crippen LogP contribution >= 0.6 is 0 Å². The Balaban J connectivity index is 2.01. The second-order valence-electron chi connectivity index (χ2n) is 6.01. The smallest absolute Gasteiger partial charge is 0.328 e. The molecule has 0 saturated heterocycles. The van der Waals surface area contributed by atoms with Crippen LogP contribution in [0.3, 0.4) is 0 Å². The van der Waals surface area contributed by atoms with E-state index in [1.54, 1.807) is 7.11 Å². The lowest BCUT2D eigenvalue weighted by atomic mass is 10.0. The first-order valence-electron chi connectivity index (χ1n) is 8.13. The van der Waals surface area contributed by atoms with E-state index in [2.05, 4.69) is 5.32 Å². The van der Waals surface area contributed by atoms with Gasteiger partial charge in [0, 0.05) is 12.8 Å². The van der Waals surface area contributed by atoms with Crippen molar-refractivity contribution in [3.8, 4) is 5.75 Å². The molecule has 1 aliphatic rings. The van der Waals surface area contributed by atoms with Crippen molar-refractivity contribution in [2.24, 2.45) is 5.92 Å². The average molecular weight is 319 g/mol. The molecule has 126 valence electrons. The monoisotopic (exact) mass is 319 g/mol. The lowest BCUT2D eigenvalue weighted by Crippen LogP contribution is -2.43. The van der Waals surface area contributed by atoms with E-state index in [9.17, 15) is 9.59 Å². The van der Waals surface area contributed by atoms with Gasteiger partial charge in [-0.1, -0.05) is 31.0 Å². The summed E-state index contributed by atoms with van der Waals surface area (Å²) in [7, 11) is 2.92. The van der Waals surface area contributed by atoms with Crippen molar-refractivity contribution in [3.63, 3.8) is 0 Å². The van der Waals surface area contributed by atoms with Gasteiger partial charge in [-0.3, -0.25) is 4.79 Å². The predicted molar refractivity (Wildman–Crippen MR) is 87.2 cm³/mol. The van der Waals surface area contributed by atoms with Crippen molar-refractivity contribution in [1.82, 2.24) is 5.32 Å². The van der Waals surface area contributed by atoms with Gasteiger partial charge >= 0.3 is 5.97 Å². The van der Waals surface area contributed by atoms with E-state index in [0.717, 1.165) is 18.4 Å². The molecule has 1 amide bonds. The van der Waals surface area contributed by atoms with E-state index in [0.29, 0.717) is 24.5 Å². The third-order valence-corrected chi connectivity index (χ3v) is 4.39. The Labute approximate surface area is 137 Å². The molecular weight excluding hydrogens is 294 g/mol. The quantitative estimate of drug-likeness (QED) is 0.784. The number of methoxy groups -OCH3 is 2. The third kappa shape index (κ3) is 4.98. The number of carbonyl (C=O) groups excluding carboxylic acids is 2. The molecule has 5 nitrogen and oxygen atoms in total. The average Bonchev–Trinajstić information content (AvgIpc) is 3.06. The van der Waals surface area contributed by atoms with Crippen LogP contribution < -0.4 is 10.1 Å². The molecule has 2 rings (SSSR count). The van der Waals surface area contributed by atoms with Gasteiger partial charge in [-0.2, -0.15) is 0 Å². The zero-order valence-electron chi connectivity index (χ0n) is 13.8. The summed E-state index contributed by atoms with van der Waals surface area (Å²) < 4.78 is 10.1. The molecule has 0 unspecified atom stereocenters. The van der Waals surface area contributed by atoms with Crippen LogP contribution in [0.15, 0.2) is 24.3 Å². The van der Waals surface area contributed by atoms with Gasteiger partial charge in [0.1, 0.15) is 11.8 Å². The molecule has 0 aliphatic heterocycles. The normalized spacial score (nSPS) is 15.9. The second kappa shape index (κ2) is 8.56. The summed E-state index contributed by atoms with van der Waals surface area (Å²) >= 11 is 0. The number of amides is 1. The Morgan fingerprint density at radius 3 is 2.57 bits per heavy atom. The van der Waals surface area contributed by atoms with E-state index in [1.807, 2.05) is 24.3 Å². The van der Waals surface area contributed by atoms with Crippen molar-refractivity contribution in [2.45, 2.75) is 44.6 Å². The standard InChI is InChI=1S/C18H25NO4/c1-22-16-10-6-5-9-14(16)12-15(18(21)23-2)19-17(20)11-13-7-3-4-8-13/h5-6,9-10,13,15H,3-4,7-8,11-12H2,1-2H3,(H,19,20)/t15-/m1/s1. The van der Waals surface area contributed by atoms with E-state index >= 15 is 0 Å². The molecule has 0 radical (unpaired) electrons. The fourth-order valence-electron chi connectivity index (χ4n) is 3.16. The van der Waals surface area contributed by atoms with Crippen molar-refractivity contribution in [1.29, 1.82) is 0 Å². The first-order chi connectivity index (χ1) is 11.1. The summed E-state index contributed by atoms with van der Waals surface area (Å²) in [4.78, 5) is 24.2. The van der Waals surface area contributed by atoms with Crippen LogP contribution in [-0.2, 0) is 20.7 Å². The largest absolute Gasteiger partial charge is 0.496 e. The minimum Gasteiger partial charge on any atom is -0.496 e. The van der Waals surface area contributed by atoms with Crippen LogP contribution in [0.1, 0.15) is 37.7 Å². The van der Waals surface area contributed by atoms with Crippen molar-refractivity contribution < 1.29 is 19.1 Å². The molecule has 0 heterocycles. The first-order valence-corrected chi connectivity index (χ1v) is 8.13. The molecule has 0 aromatic heterocycles. The molecule has 1 aromatic rings. The number of nitrogens with one attached hydrogen (secondary N) is 1. The summed E-state index contributed by atoms with van der Waals surface area (Å²) in [5.41, 5.74) is 0.867. The van der Waals surface area contributed by atoms with Gasteiger partial charge in [-0.25, -0.2) is 4.79 Å². The van der Waals surface area contributed by atoms with E-state index < -0.39 is 12.0 Å². The van der Waals surface area contributed by atoms with Crippen LogP contribution in [0.5, 0.6) is 5.75 Å². The van der Waals surface area contributed by atoms with Gasteiger partial charge in [-0.05, 0) is 30.4 Å². The van der Waals surface area contributed by atoms with Gasteiger partial charge in [-0.15, -0.1) is 0 Å². The van der Waals surface area contributed by atoms with Gasteiger partial charge in [0.05, 0.1) is 14.2 Å². The highest BCUT2D eigenvalue weighted by Crippen LogP contribution is 2.27. The molecule has 1 N–H and O–H groups in total. The van der Waals surface area contributed by atoms with Crippen molar-refractivity contribution in [2.75, 3.05) is 14.2 Å². The zero-order valence-corrected chi connectivity index (χ0v) is 13.8. The van der Waals surface area contributed by atoms with Crippen molar-refractivity contribution >= 4 is 11.9 Å². The Kier molecular flexibility index (Phi) is 6.44. The number of rotatable bonds is 7. The second-order valence-corrected chi connectivity index (χ2v) is 6.01. The number of hydrogen-bond acceptors (Lipinski definition) is 4. The summed E-state index contributed by atoms with van der Waals surface area (Å²) in [6, 6.07) is 6.79. The van der Waals surface area contributed by atoms with E-state index in [4.69, 9.17) is 9.47 Å². The van der Waals surface area contributed by atoms with Crippen LogP contribution in [0.25, 0.3) is 0 Å². The summed E-state index contributed by atoms with van der Waals surface area (Å²) in [5, 5.41) is 2.83. The molecule has 0 bridgehead atoms.